The quantitative estimate of drug-likeness (QED) is 0.757. The Morgan fingerprint density at radius 3 is 1.35 bits per heavy atom. The lowest BCUT2D eigenvalue weighted by atomic mass is 9.88. The van der Waals surface area contributed by atoms with Crippen LogP contribution in [-0.4, -0.2) is 25.2 Å². The van der Waals surface area contributed by atoms with Gasteiger partial charge in [-0.2, -0.15) is 0 Å². The lowest BCUT2D eigenvalue weighted by Gasteiger charge is -2.34. The molecule has 0 bridgehead atoms. The van der Waals surface area contributed by atoms with Crippen LogP contribution < -0.4 is 10.6 Å². The van der Waals surface area contributed by atoms with Gasteiger partial charge in [-0.05, 0) is 49.6 Å². The van der Waals surface area contributed by atoms with Gasteiger partial charge in [0.25, 0.3) is 0 Å². The van der Waals surface area contributed by atoms with Crippen LogP contribution in [0.5, 0.6) is 0 Å². The summed E-state index contributed by atoms with van der Waals surface area (Å²) in [6.07, 6.45) is 8.00. The molecule has 0 aromatic carbocycles. The monoisotopic (exact) mass is 282 g/mol. The predicted octanol–water partition coefficient (Wildman–Crippen LogP) is 4.35. The van der Waals surface area contributed by atoms with E-state index in [1.807, 2.05) is 0 Å². The molecule has 0 spiro atoms. The van der Waals surface area contributed by atoms with Crippen LogP contribution in [-0.2, 0) is 0 Å². The van der Waals surface area contributed by atoms with Crippen molar-refractivity contribution in [3.8, 4) is 0 Å². The van der Waals surface area contributed by atoms with E-state index in [0.29, 0.717) is 22.9 Å². The molecule has 1 rings (SSSR count). The van der Waals surface area contributed by atoms with Gasteiger partial charge in [0.2, 0.25) is 0 Å². The zero-order valence-electron chi connectivity index (χ0n) is 14.8. The molecule has 0 heterocycles. The second-order valence-electron chi connectivity index (χ2n) is 9.03. The normalized spacial score (nSPS) is 24.9. The molecule has 0 aromatic heterocycles. The van der Waals surface area contributed by atoms with Crippen molar-refractivity contribution in [3.63, 3.8) is 0 Å². The van der Waals surface area contributed by atoms with Crippen LogP contribution in [0.3, 0.4) is 0 Å². The van der Waals surface area contributed by atoms with Crippen LogP contribution in [0.15, 0.2) is 0 Å². The van der Waals surface area contributed by atoms with Crippen molar-refractivity contribution in [1.29, 1.82) is 0 Å². The molecule has 0 saturated heterocycles. The third-order valence-corrected chi connectivity index (χ3v) is 4.33. The fourth-order valence-electron chi connectivity index (χ4n) is 2.88. The van der Waals surface area contributed by atoms with E-state index in [2.05, 4.69) is 52.2 Å². The molecule has 0 amide bonds. The Hall–Kier alpha value is -0.0800. The van der Waals surface area contributed by atoms with E-state index in [1.54, 1.807) is 0 Å². The summed E-state index contributed by atoms with van der Waals surface area (Å²) in [6, 6.07) is 1.37. The van der Waals surface area contributed by atoms with Crippen LogP contribution in [0.4, 0.5) is 0 Å². The standard InChI is InChI=1S/C18H38N2/c1-17(2,3)11-13-19-15-9-7-8-10-16(15)20-14-12-18(4,5)6/h15-16,19-20H,7-14H2,1-6H3/t15-,16-/m1/s1. The van der Waals surface area contributed by atoms with E-state index in [0.717, 1.165) is 13.1 Å². The molecule has 1 aliphatic carbocycles. The minimum atomic E-state index is 0.441. The molecule has 1 aliphatic rings. The molecule has 2 heteroatoms. The van der Waals surface area contributed by atoms with E-state index in [1.165, 1.54) is 38.5 Å². The van der Waals surface area contributed by atoms with Gasteiger partial charge in [-0.25, -0.2) is 0 Å². The topological polar surface area (TPSA) is 24.1 Å². The Bertz CT molecular complexity index is 232. The van der Waals surface area contributed by atoms with Gasteiger partial charge in [0.05, 0.1) is 0 Å². The van der Waals surface area contributed by atoms with Crippen LogP contribution in [0.2, 0.25) is 0 Å². The Morgan fingerprint density at radius 2 is 1.05 bits per heavy atom. The van der Waals surface area contributed by atoms with Crippen LogP contribution >= 0.6 is 0 Å². The molecule has 2 N–H and O–H groups in total. The van der Waals surface area contributed by atoms with Crippen LogP contribution in [0, 0.1) is 10.8 Å². The van der Waals surface area contributed by atoms with Gasteiger partial charge in [-0.1, -0.05) is 54.4 Å². The first-order chi connectivity index (χ1) is 9.17. The van der Waals surface area contributed by atoms with Gasteiger partial charge in [0.1, 0.15) is 0 Å². The van der Waals surface area contributed by atoms with E-state index < -0.39 is 0 Å². The van der Waals surface area contributed by atoms with Crippen LogP contribution in [0.1, 0.15) is 80.1 Å². The van der Waals surface area contributed by atoms with E-state index in [9.17, 15) is 0 Å². The fraction of sp³-hybridized carbons (Fsp3) is 1.00. The molecule has 1 saturated carbocycles. The summed E-state index contributed by atoms with van der Waals surface area (Å²) < 4.78 is 0. The Kier molecular flexibility index (Phi) is 7.00. The summed E-state index contributed by atoms with van der Waals surface area (Å²) in [5, 5.41) is 7.63. The van der Waals surface area contributed by atoms with Crippen molar-refractivity contribution in [1.82, 2.24) is 10.6 Å². The van der Waals surface area contributed by atoms with Crippen molar-refractivity contribution in [2.24, 2.45) is 10.8 Å². The zero-order valence-corrected chi connectivity index (χ0v) is 14.8. The van der Waals surface area contributed by atoms with Gasteiger partial charge in [0, 0.05) is 12.1 Å². The van der Waals surface area contributed by atoms with Gasteiger partial charge >= 0.3 is 0 Å². The van der Waals surface area contributed by atoms with Gasteiger partial charge < -0.3 is 10.6 Å². The fourth-order valence-corrected chi connectivity index (χ4v) is 2.88. The second-order valence-corrected chi connectivity index (χ2v) is 9.03. The highest BCUT2D eigenvalue weighted by Crippen LogP contribution is 2.22. The zero-order chi connectivity index (χ0) is 15.2. The average Bonchev–Trinajstić information content (AvgIpc) is 2.28. The minimum Gasteiger partial charge on any atom is -0.312 e. The molecule has 0 aliphatic heterocycles. The summed E-state index contributed by atoms with van der Waals surface area (Å²) in [6.45, 7) is 16.3. The van der Waals surface area contributed by atoms with Crippen molar-refractivity contribution in [2.45, 2.75) is 92.2 Å². The van der Waals surface area contributed by atoms with Gasteiger partial charge in [-0.3, -0.25) is 0 Å². The molecule has 0 aromatic rings. The van der Waals surface area contributed by atoms with Crippen molar-refractivity contribution >= 4 is 0 Å². The van der Waals surface area contributed by atoms with Crippen molar-refractivity contribution < 1.29 is 0 Å². The number of nitrogens with one attached hydrogen (secondary N) is 2. The Morgan fingerprint density at radius 1 is 0.700 bits per heavy atom. The number of hydrogen-bond donors (Lipinski definition) is 2. The number of hydrogen-bond acceptors (Lipinski definition) is 2. The summed E-state index contributed by atoms with van der Waals surface area (Å²) >= 11 is 0. The summed E-state index contributed by atoms with van der Waals surface area (Å²) in [7, 11) is 0. The third-order valence-electron chi connectivity index (χ3n) is 4.33. The van der Waals surface area contributed by atoms with E-state index in [-0.39, 0.29) is 0 Å². The van der Waals surface area contributed by atoms with E-state index >= 15 is 0 Å². The predicted molar refractivity (Wildman–Crippen MR) is 90.2 cm³/mol. The molecule has 0 unspecified atom stereocenters. The van der Waals surface area contributed by atoms with Gasteiger partial charge in [0.15, 0.2) is 0 Å². The highest BCUT2D eigenvalue weighted by atomic mass is 15.0. The maximum atomic E-state index is 3.81. The first-order valence-electron chi connectivity index (χ1n) is 8.64. The SMILES string of the molecule is CC(C)(C)CCN[C@@H]1CCCC[C@H]1NCCC(C)(C)C. The maximum Gasteiger partial charge on any atom is 0.0221 e. The highest BCUT2D eigenvalue weighted by Gasteiger charge is 2.25. The molecule has 1 fully saturated rings. The van der Waals surface area contributed by atoms with E-state index in [4.69, 9.17) is 0 Å². The third kappa shape index (κ3) is 8.26. The van der Waals surface area contributed by atoms with Crippen molar-refractivity contribution in [3.05, 3.63) is 0 Å². The van der Waals surface area contributed by atoms with Crippen molar-refractivity contribution in [2.75, 3.05) is 13.1 Å². The first-order valence-corrected chi connectivity index (χ1v) is 8.64. The Labute approximate surface area is 127 Å². The smallest absolute Gasteiger partial charge is 0.0221 e. The lowest BCUT2D eigenvalue weighted by Crippen LogP contribution is -2.50. The van der Waals surface area contributed by atoms with Gasteiger partial charge in [-0.15, -0.1) is 0 Å². The first kappa shape index (κ1) is 18.0. The lowest BCUT2D eigenvalue weighted by molar-refractivity contribution is 0.257. The highest BCUT2D eigenvalue weighted by molar-refractivity contribution is 4.87. The summed E-state index contributed by atoms with van der Waals surface area (Å²) in [5.41, 5.74) is 0.883. The molecule has 120 valence electrons. The molecule has 0 radical (unpaired) electrons. The van der Waals surface area contributed by atoms with Crippen LogP contribution in [0.25, 0.3) is 0 Å². The number of rotatable bonds is 6. The average molecular weight is 283 g/mol. The molecule has 20 heavy (non-hydrogen) atoms. The summed E-state index contributed by atoms with van der Waals surface area (Å²) in [4.78, 5) is 0. The molecule has 2 nitrogen and oxygen atoms in total. The molecule has 2 atom stereocenters. The maximum absolute atomic E-state index is 3.81. The largest absolute Gasteiger partial charge is 0.312 e. The summed E-state index contributed by atoms with van der Waals surface area (Å²) in [5.74, 6) is 0. The minimum absolute atomic E-state index is 0.441. The Balaban J connectivity index is 2.30. The molecular formula is C18H38N2. The molecular weight excluding hydrogens is 244 g/mol. The second kappa shape index (κ2) is 7.79.